The van der Waals surface area contributed by atoms with E-state index in [1.54, 1.807) is 0 Å². The summed E-state index contributed by atoms with van der Waals surface area (Å²) < 4.78 is 0. The van der Waals surface area contributed by atoms with Crippen LogP contribution in [0.5, 0.6) is 0 Å². The zero-order valence-corrected chi connectivity index (χ0v) is 14.0. The van der Waals surface area contributed by atoms with Crippen LogP contribution in [-0.2, 0) is 24.0 Å². The number of carbonyl (C=O) groups is 4. The Labute approximate surface area is 148 Å². The van der Waals surface area contributed by atoms with Gasteiger partial charge in [0.2, 0.25) is 5.82 Å². The van der Waals surface area contributed by atoms with Crippen LogP contribution >= 0.6 is 0 Å². The van der Waals surface area contributed by atoms with Gasteiger partial charge in [0.15, 0.2) is 17.9 Å². The molecule has 0 atom stereocenters. The molecule has 26 heavy (non-hydrogen) atoms. The molecule has 0 radical (unpaired) electrons. The standard InChI is InChI=1S/C15H16N6O5/c1-10(15-18-16-9-17-19-15)26-20(2)12(23)5-3-4-11(22)8-21-13(24)6-7-14(21)25/h6-7,9H,1,3-5,8H2,2H3. The predicted octanol–water partition coefficient (Wildman–Crippen LogP) is -0.708. The minimum atomic E-state index is -0.516. The van der Waals surface area contributed by atoms with E-state index in [4.69, 9.17) is 4.84 Å². The van der Waals surface area contributed by atoms with Crippen molar-refractivity contribution in [1.29, 1.82) is 0 Å². The average molecular weight is 360 g/mol. The van der Waals surface area contributed by atoms with E-state index in [2.05, 4.69) is 27.0 Å². The Morgan fingerprint density at radius 1 is 1.15 bits per heavy atom. The first-order valence-electron chi connectivity index (χ1n) is 7.58. The predicted molar refractivity (Wildman–Crippen MR) is 85.2 cm³/mol. The second kappa shape index (κ2) is 8.55. The van der Waals surface area contributed by atoms with E-state index in [0.29, 0.717) is 0 Å². The number of carbonyl (C=O) groups excluding carboxylic acids is 4. The third kappa shape index (κ3) is 5.00. The zero-order chi connectivity index (χ0) is 19.1. The molecule has 1 aliphatic rings. The van der Waals surface area contributed by atoms with Gasteiger partial charge in [-0.2, -0.15) is 5.06 Å². The fourth-order valence-electron chi connectivity index (χ4n) is 2.01. The van der Waals surface area contributed by atoms with Gasteiger partial charge < -0.3 is 4.84 Å². The number of imide groups is 1. The summed E-state index contributed by atoms with van der Waals surface area (Å²) in [5.74, 6) is -1.71. The molecular formula is C15H16N6O5. The van der Waals surface area contributed by atoms with E-state index >= 15 is 0 Å². The maximum atomic E-state index is 12.0. The van der Waals surface area contributed by atoms with Gasteiger partial charge in [-0.15, -0.1) is 20.4 Å². The van der Waals surface area contributed by atoms with Gasteiger partial charge in [0.1, 0.15) is 0 Å². The SMILES string of the molecule is C=C(ON(C)C(=O)CCCC(=O)CN1C(=O)C=CC1=O)c1nncnn1. The van der Waals surface area contributed by atoms with Crippen LogP contribution in [-0.4, -0.2) is 67.5 Å². The third-order valence-corrected chi connectivity index (χ3v) is 3.34. The largest absolute Gasteiger partial charge is 0.374 e. The van der Waals surface area contributed by atoms with Crippen LogP contribution in [0, 0.1) is 0 Å². The summed E-state index contributed by atoms with van der Waals surface area (Å²) in [5.41, 5.74) is 0. The summed E-state index contributed by atoms with van der Waals surface area (Å²) in [6.07, 6.45) is 3.68. The Bertz CT molecular complexity index is 745. The number of rotatable bonds is 9. The van der Waals surface area contributed by atoms with Gasteiger partial charge in [-0.25, -0.2) is 0 Å². The van der Waals surface area contributed by atoms with Crippen LogP contribution in [0.2, 0.25) is 0 Å². The Morgan fingerprint density at radius 2 is 1.77 bits per heavy atom. The molecule has 11 heteroatoms. The van der Waals surface area contributed by atoms with Gasteiger partial charge in [0.25, 0.3) is 17.7 Å². The molecule has 0 bridgehead atoms. The summed E-state index contributed by atoms with van der Waals surface area (Å²) >= 11 is 0. The summed E-state index contributed by atoms with van der Waals surface area (Å²) in [7, 11) is 1.38. The van der Waals surface area contributed by atoms with Crippen molar-refractivity contribution < 1.29 is 24.0 Å². The molecule has 0 saturated carbocycles. The number of nitrogens with zero attached hydrogens (tertiary/aromatic N) is 6. The number of Topliss-reactive ketones (excluding diaryl/α,β-unsaturated/α-hetero) is 1. The number of hydrogen-bond acceptors (Lipinski definition) is 9. The molecule has 3 amide bonds. The van der Waals surface area contributed by atoms with Gasteiger partial charge in [-0.3, -0.25) is 24.1 Å². The molecule has 0 spiro atoms. The molecule has 136 valence electrons. The van der Waals surface area contributed by atoms with Crippen molar-refractivity contribution in [1.82, 2.24) is 30.4 Å². The number of aromatic nitrogens is 4. The van der Waals surface area contributed by atoms with E-state index < -0.39 is 17.7 Å². The lowest BCUT2D eigenvalue weighted by Crippen LogP contribution is -2.35. The van der Waals surface area contributed by atoms with E-state index in [1.807, 2.05) is 0 Å². The molecule has 1 aromatic rings. The van der Waals surface area contributed by atoms with Crippen molar-refractivity contribution in [3.8, 4) is 0 Å². The van der Waals surface area contributed by atoms with E-state index in [0.717, 1.165) is 28.4 Å². The van der Waals surface area contributed by atoms with Crippen LogP contribution in [0.4, 0.5) is 0 Å². The van der Waals surface area contributed by atoms with Crippen LogP contribution in [0.25, 0.3) is 5.76 Å². The molecule has 0 aromatic carbocycles. The lowest BCUT2D eigenvalue weighted by Gasteiger charge is -2.18. The number of hydroxylamine groups is 2. The Hall–Kier alpha value is -3.50. The van der Waals surface area contributed by atoms with E-state index in [-0.39, 0.29) is 43.2 Å². The quantitative estimate of drug-likeness (QED) is 0.318. The first-order chi connectivity index (χ1) is 12.4. The minimum absolute atomic E-state index is 0.00363. The first kappa shape index (κ1) is 18.8. The number of hydrogen-bond donors (Lipinski definition) is 0. The molecule has 11 nitrogen and oxygen atoms in total. The molecule has 1 aromatic heterocycles. The average Bonchev–Trinajstić information content (AvgIpc) is 2.94. The summed E-state index contributed by atoms with van der Waals surface area (Å²) in [4.78, 5) is 52.6. The third-order valence-electron chi connectivity index (χ3n) is 3.34. The number of amides is 3. The maximum Gasteiger partial charge on any atom is 0.254 e. The Morgan fingerprint density at radius 3 is 2.38 bits per heavy atom. The summed E-state index contributed by atoms with van der Waals surface area (Å²) in [5, 5.41) is 15.3. The first-order valence-corrected chi connectivity index (χ1v) is 7.58. The van der Waals surface area contributed by atoms with Gasteiger partial charge in [-0.05, 0) is 13.0 Å². The highest BCUT2D eigenvalue weighted by Crippen LogP contribution is 2.10. The molecule has 0 unspecified atom stereocenters. The molecular weight excluding hydrogens is 344 g/mol. The highest BCUT2D eigenvalue weighted by molar-refractivity contribution is 6.14. The molecule has 0 fully saturated rings. The normalized spacial score (nSPS) is 13.0. The molecule has 2 rings (SSSR count). The lowest BCUT2D eigenvalue weighted by molar-refractivity contribution is -0.158. The van der Waals surface area contributed by atoms with Gasteiger partial charge in [-0.1, -0.05) is 0 Å². The van der Waals surface area contributed by atoms with Crippen LogP contribution in [0.1, 0.15) is 25.1 Å². The zero-order valence-electron chi connectivity index (χ0n) is 14.0. The Kier molecular flexibility index (Phi) is 6.20. The second-order valence-corrected chi connectivity index (χ2v) is 5.26. The number of ketones is 1. The second-order valence-electron chi connectivity index (χ2n) is 5.26. The topological polar surface area (TPSA) is 136 Å². The van der Waals surface area contributed by atoms with Gasteiger partial charge in [0.05, 0.1) is 6.54 Å². The summed E-state index contributed by atoms with van der Waals surface area (Å²) in [6.45, 7) is 3.28. The van der Waals surface area contributed by atoms with Crippen molar-refractivity contribution in [3.63, 3.8) is 0 Å². The molecule has 1 aliphatic heterocycles. The van der Waals surface area contributed by atoms with Crippen molar-refractivity contribution in [2.75, 3.05) is 13.6 Å². The molecule has 0 aliphatic carbocycles. The molecule has 0 N–H and O–H groups in total. The van der Waals surface area contributed by atoms with Crippen LogP contribution < -0.4 is 0 Å². The lowest BCUT2D eigenvalue weighted by atomic mass is 10.1. The van der Waals surface area contributed by atoms with Crippen molar-refractivity contribution >= 4 is 29.3 Å². The smallest absolute Gasteiger partial charge is 0.254 e. The monoisotopic (exact) mass is 360 g/mol. The van der Waals surface area contributed by atoms with Crippen molar-refractivity contribution in [2.24, 2.45) is 0 Å². The van der Waals surface area contributed by atoms with Gasteiger partial charge >= 0.3 is 0 Å². The van der Waals surface area contributed by atoms with Crippen LogP contribution in [0.3, 0.4) is 0 Å². The Balaban J connectivity index is 1.71. The van der Waals surface area contributed by atoms with Crippen LogP contribution in [0.15, 0.2) is 25.1 Å². The highest BCUT2D eigenvalue weighted by atomic mass is 16.7. The summed E-state index contributed by atoms with van der Waals surface area (Å²) in [6, 6.07) is 0. The fraction of sp³-hybridized carbons (Fsp3) is 0.333. The molecule has 2 heterocycles. The van der Waals surface area contributed by atoms with Crippen molar-refractivity contribution in [3.05, 3.63) is 30.9 Å². The highest BCUT2D eigenvalue weighted by Gasteiger charge is 2.25. The van der Waals surface area contributed by atoms with E-state index in [1.165, 1.54) is 7.05 Å². The maximum absolute atomic E-state index is 12.0. The molecule has 0 saturated heterocycles. The minimum Gasteiger partial charge on any atom is -0.374 e. The van der Waals surface area contributed by atoms with Gasteiger partial charge in [0, 0.05) is 32.0 Å². The van der Waals surface area contributed by atoms with Crippen molar-refractivity contribution in [2.45, 2.75) is 19.3 Å². The van der Waals surface area contributed by atoms with E-state index in [9.17, 15) is 19.2 Å². The fourth-order valence-corrected chi connectivity index (χ4v) is 2.01.